The van der Waals surface area contributed by atoms with Crippen LogP contribution in [0, 0.1) is 5.92 Å². The standard InChI is InChI=1S/C11H20N2O4/c1-17-6-4-12-10(14)8-13-5-2-3-9(7-13)11(15)16/h9H,2-8H2,1H3,(H,12,14)(H,15,16)/t9-/m0/s1. The van der Waals surface area contributed by atoms with Crippen molar-refractivity contribution in [1.29, 1.82) is 0 Å². The number of carbonyl (C=O) groups excluding carboxylic acids is 1. The summed E-state index contributed by atoms with van der Waals surface area (Å²) in [7, 11) is 1.58. The number of ether oxygens (including phenoxy) is 1. The lowest BCUT2D eigenvalue weighted by Gasteiger charge is -2.29. The van der Waals surface area contributed by atoms with Gasteiger partial charge in [-0.05, 0) is 19.4 Å². The molecule has 2 N–H and O–H groups in total. The van der Waals surface area contributed by atoms with E-state index in [-0.39, 0.29) is 18.4 Å². The summed E-state index contributed by atoms with van der Waals surface area (Å²) in [5.74, 6) is -1.18. The number of carboxylic acid groups (broad SMARTS) is 1. The minimum atomic E-state index is -0.769. The maximum absolute atomic E-state index is 11.5. The highest BCUT2D eigenvalue weighted by molar-refractivity contribution is 5.78. The van der Waals surface area contributed by atoms with Crippen molar-refractivity contribution < 1.29 is 19.4 Å². The van der Waals surface area contributed by atoms with Crippen LogP contribution in [0.15, 0.2) is 0 Å². The zero-order chi connectivity index (χ0) is 12.7. The molecule has 1 rings (SSSR count). The van der Waals surface area contributed by atoms with E-state index in [9.17, 15) is 9.59 Å². The highest BCUT2D eigenvalue weighted by Gasteiger charge is 2.26. The third-order valence-electron chi connectivity index (χ3n) is 2.85. The summed E-state index contributed by atoms with van der Waals surface area (Å²) >= 11 is 0. The van der Waals surface area contributed by atoms with E-state index >= 15 is 0 Å². The molecule has 0 unspecified atom stereocenters. The van der Waals surface area contributed by atoms with Gasteiger partial charge in [0.1, 0.15) is 0 Å². The van der Waals surface area contributed by atoms with Gasteiger partial charge >= 0.3 is 5.97 Å². The molecule has 1 saturated heterocycles. The topological polar surface area (TPSA) is 78.9 Å². The van der Waals surface area contributed by atoms with Gasteiger partial charge in [0.2, 0.25) is 5.91 Å². The Morgan fingerprint density at radius 1 is 1.53 bits per heavy atom. The lowest BCUT2D eigenvalue weighted by molar-refractivity contribution is -0.144. The molecule has 0 aromatic rings. The van der Waals surface area contributed by atoms with Crippen LogP contribution in [-0.2, 0) is 14.3 Å². The summed E-state index contributed by atoms with van der Waals surface area (Å²) in [6, 6.07) is 0. The van der Waals surface area contributed by atoms with E-state index in [4.69, 9.17) is 9.84 Å². The van der Waals surface area contributed by atoms with Crippen molar-refractivity contribution in [3.8, 4) is 0 Å². The summed E-state index contributed by atoms with van der Waals surface area (Å²) in [5.41, 5.74) is 0. The van der Waals surface area contributed by atoms with Gasteiger partial charge in [-0.3, -0.25) is 14.5 Å². The van der Waals surface area contributed by atoms with Crippen LogP contribution in [0.2, 0.25) is 0 Å². The first kappa shape index (κ1) is 13.9. The quantitative estimate of drug-likeness (QED) is 0.618. The summed E-state index contributed by atoms with van der Waals surface area (Å²) in [5, 5.41) is 11.6. The second-order valence-electron chi connectivity index (χ2n) is 4.26. The molecule has 1 amide bonds. The number of hydrogen-bond donors (Lipinski definition) is 2. The number of nitrogens with zero attached hydrogens (tertiary/aromatic N) is 1. The Hall–Kier alpha value is -1.14. The van der Waals surface area contributed by atoms with Crippen LogP contribution in [0.1, 0.15) is 12.8 Å². The van der Waals surface area contributed by atoms with Crippen molar-refractivity contribution in [2.24, 2.45) is 5.92 Å². The fraction of sp³-hybridized carbons (Fsp3) is 0.818. The highest BCUT2D eigenvalue weighted by atomic mass is 16.5. The van der Waals surface area contributed by atoms with Gasteiger partial charge in [-0.1, -0.05) is 0 Å². The van der Waals surface area contributed by atoms with Crippen molar-refractivity contribution in [2.75, 3.05) is 39.9 Å². The number of nitrogens with one attached hydrogen (secondary N) is 1. The lowest BCUT2D eigenvalue weighted by atomic mass is 9.98. The fourth-order valence-corrected chi connectivity index (χ4v) is 1.95. The Kier molecular flexibility index (Phi) is 5.93. The molecule has 0 saturated carbocycles. The minimum Gasteiger partial charge on any atom is -0.481 e. The number of carbonyl (C=O) groups is 2. The molecule has 98 valence electrons. The van der Waals surface area contributed by atoms with E-state index in [0.29, 0.717) is 26.1 Å². The molecule has 1 heterocycles. The smallest absolute Gasteiger partial charge is 0.307 e. The fourth-order valence-electron chi connectivity index (χ4n) is 1.95. The Bertz CT molecular complexity index is 270. The third kappa shape index (κ3) is 5.14. The van der Waals surface area contributed by atoms with E-state index in [0.717, 1.165) is 13.0 Å². The van der Waals surface area contributed by atoms with Gasteiger partial charge in [-0.25, -0.2) is 0 Å². The number of methoxy groups -OCH3 is 1. The number of likely N-dealkylation sites (tertiary alicyclic amines) is 1. The monoisotopic (exact) mass is 244 g/mol. The zero-order valence-corrected chi connectivity index (χ0v) is 10.1. The normalized spacial score (nSPS) is 21.1. The maximum atomic E-state index is 11.5. The molecular formula is C11H20N2O4. The first-order valence-corrected chi connectivity index (χ1v) is 5.84. The van der Waals surface area contributed by atoms with Crippen LogP contribution in [0.25, 0.3) is 0 Å². The molecule has 1 atom stereocenters. The van der Waals surface area contributed by atoms with Gasteiger partial charge in [0.05, 0.1) is 19.1 Å². The molecule has 6 nitrogen and oxygen atoms in total. The van der Waals surface area contributed by atoms with Crippen molar-refractivity contribution >= 4 is 11.9 Å². The predicted octanol–water partition coefficient (Wildman–Crippen LogP) is -0.454. The molecule has 0 spiro atoms. The van der Waals surface area contributed by atoms with Crippen molar-refractivity contribution in [2.45, 2.75) is 12.8 Å². The van der Waals surface area contributed by atoms with Gasteiger partial charge < -0.3 is 15.2 Å². The third-order valence-corrected chi connectivity index (χ3v) is 2.85. The molecule has 0 radical (unpaired) electrons. The Labute approximate surface area is 101 Å². The van der Waals surface area contributed by atoms with Crippen LogP contribution < -0.4 is 5.32 Å². The number of aliphatic carboxylic acids is 1. The minimum absolute atomic E-state index is 0.0758. The average molecular weight is 244 g/mol. The largest absolute Gasteiger partial charge is 0.481 e. The van der Waals surface area contributed by atoms with Crippen LogP contribution in [0.5, 0.6) is 0 Å². The number of rotatable bonds is 6. The van der Waals surface area contributed by atoms with Gasteiger partial charge in [0, 0.05) is 20.2 Å². The second kappa shape index (κ2) is 7.24. The average Bonchev–Trinajstić information content (AvgIpc) is 2.29. The zero-order valence-electron chi connectivity index (χ0n) is 10.1. The van der Waals surface area contributed by atoms with E-state index < -0.39 is 5.97 Å². The summed E-state index contributed by atoms with van der Waals surface area (Å²) in [4.78, 5) is 24.3. The summed E-state index contributed by atoms with van der Waals surface area (Å²) in [6.45, 7) is 2.51. The number of amides is 1. The van der Waals surface area contributed by atoms with Gasteiger partial charge in [-0.15, -0.1) is 0 Å². The molecule has 0 aromatic carbocycles. The molecule has 1 aliphatic heterocycles. The lowest BCUT2D eigenvalue weighted by Crippen LogP contribution is -2.44. The van der Waals surface area contributed by atoms with Crippen molar-refractivity contribution in [3.05, 3.63) is 0 Å². The van der Waals surface area contributed by atoms with Crippen LogP contribution in [0.3, 0.4) is 0 Å². The first-order chi connectivity index (χ1) is 8.13. The molecule has 17 heavy (non-hydrogen) atoms. The van der Waals surface area contributed by atoms with Crippen LogP contribution >= 0.6 is 0 Å². The van der Waals surface area contributed by atoms with E-state index in [1.54, 1.807) is 7.11 Å². The summed E-state index contributed by atoms with van der Waals surface area (Å²) in [6.07, 6.45) is 1.54. The van der Waals surface area contributed by atoms with E-state index in [2.05, 4.69) is 5.32 Å². The molecule has 1 aliphatic rings. The van der Waals surface area contributed by atoms with E-state index in [1.165, 1.54) is 0 Å². The Morgan fingerprint density at radius 3 is 2.94 bits per heavy atom. The molecule has 0 bridgehead atoms. The van der Waals surface area contributed by atoms with Crippen molar-refractivity contribution in [3.63, 3.8) is 0 Å². The van der Waals surface area contributed by atoms with Gasteiger partial charge in [-0.2, -0.15) is 0 Å². The molecule has 0 aromatic heterocycles. The molecule has 0 aliphatic carbocycles. The SMILES string of the molecule is COCCNC(=O)CN1CCC[C@H](C(=O)O)C1. The molecule has 6 heteroatoms. The summed E-state index contributed by atoms with van der Waals surface area (Å²) < 4.78 is 4.82. The Morgan fingerprint density at radius 2 is 2.29 bits per heavy atom. The highest BCUT2D eigenvalue weighted by Crippen LogP contribution is 2.15. The number of carboxylic acids is 1. The van der Waals surface area contributed by atoms with Crippen molar-refractivity contribution in [1.82, 2.24) is 10.2 Å². The van der Waals surface area contributed by atoms with Crippen LogP contribution in [0.4, 0.5) is 0 Å². The number of piperidine rings is 1. The second-order valence-corrected chi connectivity index (χ2v) is 4.26. The van der Waals surface area contributed by atoms with Crippen LogP contribution in [-0.4, -0.2) is 61.8 Å². The Balaban J connectivity index is 2.26. The number of hydrogen-bond acceptors (Lipinski definition) is 4. The van der Waals surface area contributed by atoms with E-state index in [1.807, 2.05) is 4.90 Å². The molecular weight excluding hydrogens is 224 g/mol. The maximum Gasteiger partial charge on any atom is 0.307 e. The predicted molar refractivity (Wildman–Crippen MR) is 61.7 cm³/mol. The van der Waals surface area contributed by atoms with Gasteiger partial charge in [0.15, 0.2) is 0 Å². The molecule has 1 fully saturated rings. The first-order valence-electron chi connectivity index (χ1n) is 5.84. The van der Waals surface area contributed by atoms with Gasteiger partial charge in [0.25, 0.3) is 0 Å².